The molecular weight excluding hydrogens is 306 g/mol. The number of piperidine rings is 1. The minimum atomic E-state index is -0.454. The first-order valence-corrected chi connectivity index (χ1v) is 8.88. The number of methoxy groups -OCH3 is 1. The molecule has 0 bridgehead atoms. The lowest BCUT2D eigenvalue weighted by Crippen LogP contribution is -2.48. The van der Waals surface area contributed by atoms with Gasteiger partial charge in [0, 0.05) is 24.7 Å². The van der Waals surface area contributed by atoms with Crippen LogP contribution in [-0.2, 0) is 4.74 Å². The van der Waals surface area contributed by atoms with Gasteiger partial charge in [-0.1, -0.05) is 12.5 Å². The van der Waals surface area contributed by atoms with Crippen molar-refractivity contribution in [1.29, 1.82) is 0 Å². The molecule has 0 spiro atoms. The first-order chi connectivity index (χ1) is 11.6. The van der Waals surface area contributed by atoms with Gasteiger partial charge in [-0.15, -0.1) is 0 Å². The van der Waals surface area contributed by atoms with E-state index < -0.39 is 6.10 Å². The second-order valence-electron chi connectivity index (χ2n) is 6.58. The number of hydrogen-bond donors (Lipinski definition) is 1. The smallest absolute Gasteiger partial charge is 0.123 e. The van der Waals surface area contributed by atoms with E-state index in [1.165, 1.54) is 19.3 Å². The summed E-state index contributed by atoms with van der Waals surface area (Å²) in [5.41, 5.74) is 0. The number of nitrogens with zero attached hydrogens (tertiary/aromatic N) is 1. The number of hydrogen-bond acceptors (Lipinski definition) is 5. The quantitative estimate of drug-likeness (QED) is 0.702. The number of rotatable bonds is 9. The van der Waals surface area contributed by atoms with Crippen LogP contribution in [0, 0.1) is 0 Å². The molecule has 1 aliphatic rings. The number of benzene rings is 1. The van der Waals surface area contributed by atoms with E-state index in [1.807, 2.05) is 24.3 Å². The van der Waals surface area contributed by atoms with Crippen molar-refractivity contribution in [1.82, 2.24) is 4.90 Å². The van der Waals surface area contributed by atoms with Crippen LogP contribution in [0.15, 0.2) is 24.3 Å². The highest BCUT2D eigenvalue weighted by molar-refractivity contribution is 5.32. The lowest BCUT2D eigenvalue weighted by atomic mass is 9.97. The molecule has 0 amide bonds. The summed E-state index contributed by atoms with van der Waals surface area (Å²) in [6, 6.07) is 8.58. The standard InChI is InChI=1S/C19H31NO4/c1-15-6-4-7-16(2)20(15)13-17(21)14-23-10-11-24-19-9-5-8-18(12-19)22-3/h5,8-9,12,15-17,21H,4,6-7,10-11,13-14H2,1-3H3/t15-,16-,17-/m0/s1. The van der Waals surface area contributed by atoms with Gasteiger partial charge in [-0.3, -0.25) is 4.90 Å². The number of ether oxygens (including phenoxy) is 3. The maximum absolute atomic E-state index is 10.2. The van der Waals surface area contributed by atoms with Crippen LogP contribution in [0.2, 0.25) is 0 Å². The molecular formula is C19H31NO4. The molecule has 3 atom stereocenters. The van der Waals surface area contributed by atoms with Gasteiger partial charge in [-0.2, -0.15) is 0 Å². The molecule has 1 heterocycles. The Bertz CT molecular complexity index is 472. The molecule has 2 rings (SSSR count). The minimum absolute atomic E-state index is 0.345. The van der Waals surface area contributed by atoms with E-state index >= 15 is 0 Å². The monoisotopic (exact) mass is 337 g/mol. The van der Waals surface area contributed by atoms with Crippen LogP contribution in [0.5, 0.6) is 11.5 Å². The summed E-state index contributed by atoms with van der Waals surface area (Å²) >= 11 is 0. The van der Waals surface area contributed by atoms with Crippen LogP contribution in [0.4, 0.5) is 0 Å². The largest absolute Gasteiger partial charge is 0.497 e. The lowest BCUT2D eigenvalue weighted by molar-refractivity contribution is -0.0141. The molecule has 1 aromatic carbocycles. The molecule has 5 heteroatoms. The van der Waals surface area contributed by atoms with Crippen LogP contribution in [0.3, 0.4) is 0 Å². The zero-order chi connectivity index (χ0) is 17.4. The molecule has 0 unspecified atom stereocenters. The maximum Gasteiger partial charge on any atom is 0.123 e. The van der Waals surface area contributed by atoms with Crippen LogP contribution in [-0.4, -0.2) is 61.7 Å². The normalized spacial score (nSPS) is 23.0. The van der Waals surface area contributed by atoms with Crippen LogP contribution < -0.4 is 9.47 Å². The van der Waals surface area contributed by atoms with E-state index in [0.717, 1.165) is 11.5 Å². The molecule has 1 aromatic rings. The van der Waals surface area contributed by atoms with Gasteiger partial charge in [-0.05, 0) is 38.8 Å². The highest BCUT2D eigenvalue weighted by atomic mass is 16.5. The van der Waals surface area contributed by atoms with Crippen molar-refractivity contribution in [2.24, 2.45) is 0 Å². The van der Waals surface area contributed by atoms with Gasteiger partial charge >= 0.3 is 0 Å². The fourth-order valence-corrected chi connectivity index (χ4v) is 3.26. The highest BCUT2D eigenvalue weighted by Crippen LogP contribution is 2.22. The third kappa shape index (κ3) is 5.96. The predicted octanol–water partition coefficient (Wildman–Crippen LogP) is 2.71. The minimum Gasteiger partial charge on any atom is -0.497 e. The predicted molar refractivity (Wildman–Crippen MR) is 94.8 cm³/mol. The molecule has 1 saturated heterocycles. The summed E-state index contributed by atoms with van der Waals surface area (Å²) in [6.07, 6.45) is 3.26. The number of aliphatic hydroxyl groups is 1. The third-order valence-corrected chi connectivity index (χ3v) is 4.65. The second kappa shape index (κ2) is 9.87. The van der Waals surface area contributed by atoms with Gasteiger partial charge in [0.15, 0.2) is 0 Å². The van der Waals surface area contributed by atoms with E-state index in [1.54, 1.807) is 7.11 Å². The van der Waals surface area contributed by atoms with E-state index in [0.29, 0.717) is 38.4 Å². The summed E-state index contributed by atoms with van der Waals surface area (Å²) in [4.78, 5) is 2.39. The van der Waals surface area contributed by atoms with Gasteiger partial charge in [0.25, 0.3) is 0 Å². The van der Waals surface area contributed by atoms with E-state index in [4.69, 9.17) is 14.2 Å². The zero-order valence-electron chi connectivity index (χ0n) is 15.1. The van der Waals surface area contributed by atoms with E-state index in [-0.39, 0.29) is 0 Å². The van der Waals surface area contributed by atoms with Crippen molar-refractivity contribution >= 4 is 0 Å². The van der Waals surface area contributed by atoms with Gasteiger partial charge in [-0.25, -0.2) is 0 Å². The molecule has 1 N–H and O–H groups in total. The first-order valence-electron chi connectivity index (χ1n) is 8.88. The summed E-state index contributed by atoms with van der Waals surface area (Å²) in [6.45, 7) is 6.42. The van der Waals surface area contributed by atoms with E-state index in [9.17, 15) is 5.11 Å². The van der Waals surface area contributed by atoms with Crippen molar-refractivity contribution < 1.29 is 19.3 Å². The molecule has 136 valence electrons. The molecule has 1 aliphatic heterocycles. The van der Waals surface area contributed by atoms with Crippen molar-refractivity contribution in [3.63, 3.8) is 0 Å². The van der Waals surface area contributed by atoms with Gasteiger partial charge in [0.2, 0.25) is 0 Å². The molecule has 0 aromatic heterocycles. The van der Waals surface area contributed by atoms with Crippen LogP contribution in [0.25, 0.3) is 0 Å². The van der Waals surface area contributed by atoms with Crippen molar-refractivity contribution in [3.05, 3.63) is 24.3 Å². The van der Waals surface area contributed by atoms with Gasteiger partial charge in [0.1, 0.15) is 18.1 Å². The zero-order valence-corrected chi connectivity index (χ0v) is 15.1. The Balaban J connectivity index is 1.61. The van der Waals surface area contributed by atoms with Gasteiger partial charge in [0.05, 0.1) is 26.4 Å². The Morgan fingerprint density at radius 2 is 1.88 bits per heavy atom. The Morgan fingerprint density at radius 3 is 2.58 bits per heavy atom. The molecule has 0 saturated carbocycles. The summed E-state index contributed by atoms with van der Waals surface area (Å²) in [5.74, 6) is 1.53. The average Bonchev–Trinajstić information content (AvgIpc) is 2.58. The van der Waals surface area contributed by atoms with Crippen molar-refractivity contribution in [2.75, 3.05) is 33.5 Å². The van der Waals surface area contributed by atoms with Gasteiger partial charge < -0.3 is 19.3 Å². The molecule has 0 radical (unpaired) electrons. The van der Waals surface area contributed by atoms with E-state index in [2.05, 4.69) is 18.7 Å². The second-order valence-corrected chi connectivity index (χ2v) is 6.58. The first kappa shape index (κ1) is 19.0. The lowest BCUT2D eigenvalue weighted by Gasteiger charge is -2.40. The fraction of sp³-hybridized carbons (Fsp3) is 0.684. The fourth-order valence-electron chi connectivity index (χ4n) is 3.26. The Kier molecular flexibility index (Phi) is 7.82. The SMILES string of the molecule is COc1cccc(OCCOC[C@@H](O)CN2[C@@H](C)CCC[C@@H]2C)c1. The number of aliphatic hydroxyl groups excluding tert-OH is 1. The van der Waals surface area contributed by atoms with Crippen LogP contribution in [0.1, 0.15) is 33.1 Å². The van der Waals surface area contributed by atoms with Crippen molar-refractivity contribution in [3.8, 4) is 11.5 Å². The molecule has 5 nitrogen and oxygen atoms in total. The van der Waals surface area contributed by atoms with Crippen LogP contribution >= 0.6 is 0 Å². The molecule has 24 heavy (non-hydrogen) atoms. The maximum atomic E-state index is 10.2. The number of β-amino-alcohol motifs (C(OH)–C–C–N with tert-alkyl or cyclic N) is 1. The summed E-state index contributed by atoms with van der Waals surface area (Å²) < 4.78 is 16.3. The average molecular weight is 337 g/mol. The third-order valence-electron chi connectivity index (χ3n) is 4.65. The summed E-state index contributed by atoms with van der Waals surface area (Å²) in [5, 5.41) is 10.2. The Hall–Kier alpha value is -1.30. The summed E-state index contributed by atoms with van der Waals surface area (Å²) in [7, 11) is 1.63. The molecule has 0 aliphatic carbocycles. The Morgan fingerprint density at radius 1 is 1.17 bits per heavy atom. The topological polar surface area (TPSA) is 51.2 Å². The number of likely N-dealkylation sites (tertiary alicyclic amines) is 1. The Labute approximate surface area is 145 Å². The molecule has 1 fully saturated rings. The highest BCUT2D eigenvalue weighted by Gasteiger charge is 2.26. The van der Waals surface area contributed by atoms with Crippen molar-refractivity contribution in [2.45, 2.75) is 51.3 Å².